The first-order valence-electron chi connectivity index (χ1n) is 13.1. The predicted molar refractivity (Wildman–Crippen MR) is 147 cm³/mol. The van der Waals surface area contributed by atoms with Gasteiger partial charge in [-0.3, -0.25) is 14.4 Å². The third kappa shape index (κ3) is 5.36. The minimum atomic E-state index is -0.627. The second kappa shape index (κ2) is 11.3. The lowest BCUT2D eigenvalue weighted by atomic mass is 10.1. The number of hydrogen-bond acceptors (Lipinski definition) is 10. The van der Waals surface area contributed by atoms with Gasteiger partial charge in [-0.2, -0.15) is 0 Å². The fourth-order valence-electron chi connectivity index (χ4n) is 4.95. The topological polar surface area (TPSA) is 154 Å². The standard InChI is InChI=1S/C29H27N5O8/c1-38-19-8-17-9-20(10-19)40-15-25(35)31-12-16-5-6-18(11-23(16)39-2)41-24-14-34(13-22(24)32-28(17)36)29(37)26-21-4-3-7-30-27(21)33-42-26/h3-11,22,24H,12-15H2,1-2H3,(H,31,35)(H,32,36)/t22-,24-/m0/s1. The van der Waals surface area contributed by atoms with Crippen LogP contribution in [-0.2, 0) is 11.3 Å². The van der Waals surface area contributed by atoms with Crippen LogP contribution in [0.25, 0.3) is 11.0 Å². The molecule has 5 heterocycles. The van der Waals surface area contributed by atoms with Crippen molar-refractivity contribution < 1.29 is 37.9 Å². The van der Waals surface area contributed by atoms with Crippen LogP contribution in [-0.4, -0.2) is 78.8 Å². The number of ether oxygens (including phenoxy) is 4. The zero-order valence-electron chi connectivity index (χ0n) is 22.8. The van der Waals surface area contributed by atoms with Gasteiger partial charge in [0.1, 0.15) is 29.1 Å². The van der Waals surface area contributed by atoms with Crippen molar-refractivity contribution in [1.29, 1.82) is 0 Å². The normalized spacial score (nSPS) is 18.8. The molecule has 42 heavy (non-hydrogen) atoms. The molecule has 2 N–H and O–H groups in total. The molecule has 0 spiro atoms. The number of benzene rings is 2. The highest BCUT2D eigenvalue weighted by Gasteiger charge is 2.40. The lowest BCUT2D eigenvalue weighted by Gasteiger charge is -2.22. The Hall–Kier alpha value is -5.33. The number of hydrogen-bond donors (Lipinski definition) is 2. The zero-order valence-corrected chi connectivity index (χ0v) is 22.8. The Bertz CT molecular complexity index is 1670. The summed E-state index contributed by atoms with van der Waals surface area (Å²) in [6.45, 7) is 0.215. The molecule has 4 aromatic rings. The Morgan fingerprint density at radius 2 is 1.93 bits per heavy atom. The van der Waals surface area contributed by atoms with E-state index in [1.54, 1.807) is 53.6 Å². The molecule has 7 rings (SSSR count). The van der Waals surface area contributed by atoms with E-state index in [-0.39, 0.29) is 49.2 Å². The van der Waals surface area contributed by atoms with Gasteiger partial charge in [-0.15, -0.1) is 0 Å². The van der Waals surface area contributed by atoms with Gasteiger partial charge in [0, 0.05) is 42.5 Å². The summed E-state index contributed by atoms with van der Waals surface area (Å²) in [6.07, 6.45) is 0.938. The van der Waals surface area contributed by atoms with Crippen LogP contribution in [0.15, 0.2) is 59.3 Å². The summed E-state index contributed by atoms with van der Waals surface area (Å²) in [5.74, 6) is 0.475. The number of fused-ring (bicyclic) bond motifs is 8. The Balaban J connectivity index is 1.34. The molecule has 0 aliphatic carbocycles. The summed E-state index contributed by atoms with van der Waals surface area (Å²) in [5, 5.41) is 10.2. The highest BCUT2D eigenvalue weighted by Crippen LogP contribution is 2.29. The van der Waals surface area contributed by atoms with Gasteiger partial charge in [-0.05, 0) is 36.4 Å². The number of carbonyl (C=O) groups excluding carboxylic acids is 3. The molecule has 3 amide bonds. The van der Waals surface area contributed by atoms with Gasteiger partial charge in [0.25, 0.3) is 17.7 Å². The first kappa shape index (κ1) is 26.9. The lowest BCUT2D eigenvalue weighted by Crippen LogP contribution is -2.45. The minimum absolute atomic E-state index is 0.0564. The second-order valence-corrected chi connectivity index (χ2v) is 9.77. The molecule has 0 radical (unpaired) electrons. The molecule has 13 heteroatoms. The van der Waals surface area contributed by atoms with Crippen molar-refractivity contribution in [3.05, 3.63) is 71.6 Å². The van der Waals surface area contributed by atoms with Gasteiger partial charge in [0.15, 0.2) is 6.61 Å². The van der Waals surface area contributed by atoms with Crippen molar-refractivity contribution in [3.8, 4) is 23.0 Å². The smallest absolute Gasteiger partial charge is 0.293 e. The maximum absolute atomic E-state index is 13.5. The number of pyridine rings is 1. The molecule has 2 atom stereocenters. The SMILES string of the molecule is COc1cc2cc(c1)C(=O)N[C@H]1CN(C(=O)c3onc4ncccc34)C[C@@H]1Oc1ccc(c(OC)c1)CNC(=O)CO2. The van der Waals surface area contributed by atoms with Gasteiger partial charge in [0.05, 0.1) is 32.2 Å². The number of likely N-dealkylation sites (tertiary alicyclic amines) is 1. The monoisotopic (exact) mass is 573 g/mol. The van der Waals surface area contributed by atoms with E-state index in [1.165, 1.54) is 20.3 Å². The summed E-state index contributed by atoms with van der Waals surface area (Å²) in [6, 6.07) is 12.7. The first-order valence-corrected chi connectivity index (χ1v) is 13.1. The Morgan fingerprint density at radius 1 is 1.05 bits per heavy atom. The number of nitrogens with one attached hydrogen (secondary N) is 2. The van der Waals surface area contributed by atoms with Crippen LogP contribution >= 0.6 is 0 Å². The van der Waals surface area contributed by atoms with Crippen LogP contribution in [0.2, 0.25) is 0 Å². The molecule has 0 saturated carbocycles. The van der Waals surface area contributed by atoms with Gasteiger partial charge in [-0.1, -0.05) is 5.16 Å². The van der Waals surface area contributed by atoms with Crippen LogP contribution in [0, 0.1) is 0 Å². The van der Waals surface area contributed by atoms with E-state index in [9.17, 15) is 14.4 Å². The molecule has 2 aromatic carbocycles. The van der Waals surface area contributed by atoms with Crippen molar-refractivity contribution in [2.45, 2.75) is 18.7 Å². The fraction of sp³-hybridized carbons (Fsp3) is 0.276. The summed E-state index contributed by atoms with van der Waals surface area (Å²) >= 11 is 0. The molecule has 13 nitrogen and oxygen atoms in total. The largest absolute Gasteiger partial charge is 0.497 e. The van der Waals surface area contributed by atoms with E-state index in [1.807, 2.05) is 0 Å². The highest BCUT2D eigenvalue weighted by atomic mass is 16.5. The van der Waals surface area contributed by atoms with Crippen LogP contribution in [0.1, 0.15) is 26.5 Å². The van der Waals surface area contributed by atoms with E-state index in [2.05, 4.69) is 20.8 Å². The quantitative estimate of drug-likeness (QED) is 0.372. The van der Waals surface area contributed by atoms with E-state index in [0.29, 0.717) is 28.3 Å². The molecule has 4 bridgehead atoms. The zero-order chi connectivity index (χ0) is 29.2. The fourth-order valence-corrected chi connectivity index (χ4v) is 4.95. The van der Waals surface area contributed by atoms with Crippen LogP contribution in [0.4, 0.5) is 0 Å². The van der Waals surface area contributed by atoms with Crippen molar-refractivity contribution in [2.24, 2.45) is 0 Å². The van der Waals surface area contributed by atoms with Gasteiger partial charge < -0.3 is 39.0 Å². The van der Waals surface area contributed by atoms with E-state index in [0.717, 1.165) is 5.56 Å². The number of aromatic nitrogens is 2. The lowest BCUT2D eigenvalue weighted by molar-refractivity contribution is -0.123. The van der Waals surface area contributed by atoms with Crippen molar-refractivity contribution in [3.63, 3.8) is 0 Å². The number of carbonyl (C=O) groups is 3. The second-order valence-electron chi connectivity index (χ2n) is 9.77. The van der Waals surface area contributed by atoms with Gasteiger partial charge >= 0.3 is 0 Å². The predicted octanol–water partition coefficient (Wildman–Crippen LogP) is 1.95. The highest BCUT2D eigenvalue weighted by molar-refractivity contribution is 6.03. The van der Waals surface area contributed by atoms with Crippen LogP contribution in [0.3, 0.4) is 0 Å². The average molecular weight is 574 g/mol. The number of rotatable bonds is 3. The van der Waals surface area contributed by atoms with E-state index >= 15 is 0 Å². The number of methoxy groups -OCH3 is 2. The average Bonchev–Trinajstić information content (AvgIpc) is 3.62. The molecule has 3 aliphatic heterocycles. The molecule has 1 fully saturated rings. The van der Waals surface area contributed by atoms with Crippen LogP contribution in [0.5, 0.6) is 23.0 Å². The molecule has 216 valence electrons. The van der Waals surface area contributed by atoms with Crippen molar-refractivity contribution in [1.82, 2.24) is 25.7 Å². The molecule has 1 saturated heterocycles. The molecular formula is C29H27N5O8. The first-order chi connectivity index (χ1) is 20.4. The summed E-state index contributed by atoms with van der Waals surface area (Å²) < 4.78 is 28.2. The van der Waals surface area contributed by atoms with Crippen molar-refractivity contribution in [2.75, 3.05) is 33.9 Å². The van der Waals surface area contributed by atoms with Gasteiger partial charge in [0.2, 0.25) is 11.4 Å². The maximum atomic E-state index is 13.5. The molecular weight excluding hydrogens is 546 g/mol. The Labute approximate surface area is 239 Å². The summed E-state index contributed by atoms with van der Waals surface area (Å²) in [5.41, 5.74) is 1.30. The Kier molecular flexibility index (Phi) is 7.21. The Morgan fingerprint density at radius 3 is 2.76 bits per heavy atom. The molecule has 0 unspecified atom stereocenters. The third-order valence-corrected chi connectivity index (χ3v) is 7.09. The molecule has 3 aliphatic rings. The van der Waals surface area contributed by atoms with Crippen LogP contribution < -0.4 is 29.6 Å². The summed E-state index contributed by atoms with van der Waals surface area (Å²) in [4.78, 5) is 45.2. The van der Waals surface area contributed by atoms with E-state index in [4.69, 9.17) is 23.5 Å². The maximum Gasteiger partial charge on any atom is 0.293 e. The minimum Gasteiger partial charge on any atom is -0.497 e. The molecule has 2 aromatic heterocycles. The third-order valence-electron chi connectivity index (χ3n) is 7.09. The summed E-state index contributed by atoms with van der Waals surface area (Å²) in [7, 11) is 2.99. The van der Waals surface area contributed by atoms with Crippen molar-refractivity contribution >= 4 is 28.8 Å². The number of nitrogens with zero attached hydrogens (tertiary/aromatic N) is 3. The van der Waals surface area contributed by atoms with Gasteiger partial charge in [-0.25, -0.2) is 4.98 Å². The number of amides is 3. The van der Waals surface area contributed by atoms with E-state index < -0.39 is 24.0 Å².